The zero-order valence-electron chi connectivity index (χ0n) is 13.9. The smallest absolute Gasteiger partial charge is 0.270 e. The lowest BCUT2D eigenvalue weighted by molar-refractivity contribution is 1.08. The number of aromatic amines is 1. The van der Waals surface area contributed by atoms with E-state index < -0.39 is 5.56 Å². The Morgan fingerprint density at radius 3 is 2.58 bits per heavy atom. The van der Waals surface area contributed by atoms with Crippen molar-refractivity contribution >= 4 is 23.9 Å². The Morgan fingerprint density at radius 1 is 1.19 bits per heavy atom. The van der Waals surface area contributed by atoms with Crippen molar-refractivity contribution in [2.45, 2.75) is 4.90 Å². The Kier molecular flexibility index (Phi) is 5.46. The third kappa shape index (κ3) is 3.99. The molecule has 1 heterocycles. The molecule has 0 unspecified atom stereocenters. The summed E-state index contributed by atoms with van der Waals surface area (Å²) >= 11 is 1.67. The molecule has 0 aliphatic heterocycles. The van der Waals surface area contributed by atoms with Gasteiger partial charge in [-0.3, -0.25) is 9.78 Å². The van der Waals surface area contributed by atoms with E-state index in [1.807, 2.05) is 54.8 Å². The van der Waals surface area contributed by atoms with Crippen molar-refractivity contribution in [3.05, 3.63) is 76.1 Å². The number of H-pyrrole nitrogens is 1. The molecular weight excluding hydrogens is 346 g/mol. The van der Waals surface area contributed by atoms with Gasteiger partial charge in [-0.2, -0.15) is 10.4 Å². The average Bonchev–Trinajstić information content (AvgIpc) is 2.69. The molecule has 0 fully saturated rings. The normalized spacial score (nSPS) is 10.6. The van der Waals surface area contributed by atoms with Crippen molar-refractivity contribution in [3.8, 4) is 17.3 Å². The lowest BCUT2D eigenvalue weighted by Gasteiger charge is -2.06. The van der Waals surface area contributed by atoms with Gasteiger partial charge in [-0.05, 0) is 24.0 Å². The first-order chi connectivity index (χ1) is 12.7. The Balaban J connectivity index is 1.86. The van der Waals surface area contributed by atoms with E-state index in [-0.39, 0.29) is 11.5 Å². The minimum Gasteiger partial charge on any atom is -0.290 e. The molecule has 3 rings (SSSR count). The van der Waals surface area contributed by atoms with Crippen molar-refractivity contribution in [1.29, 1.82) is 5.26 Å². The van der Waals surface area contributed by atoms with Gasteiger partial charge in [0.05, 0.1) is 11.9 Å². The van der Waals surface area contributed by atoms with Gasteiger partial charge in [0.25, 0.3) is 5.56 Å². The number of nitrogens with zero attached hydrogens (tertiary/aromatic N) is 3. The van der Waals surface area contributed by atoms with Crippen LogP contribution < -0.4 is 11.0 Å². The van der Waals surface area contributed by atoms with E-state index in [1.54, 1.807) is 30.1 Å². The largest absolute Gasteiger partial charge is 0.290 e. The molecule has 0 aliphatic rings. The summed E-state index contributed by atoms with van der Waals surface area (Å²) < 4.78 is 0. The van der Waals surface area contributed by atoms with Crippen LogP contribution in [-0.2, 0) is 0 Å². The molecule has 1 aromatic heterocycles. The topological polar surface area (TPSA) is 93.9 Å². The second-order valence-electron chi connectivity index (χ2n) is 5.26. The average molecular weight is 361 g/mol. The number of hydrogen-bond donors (Lipinski definition) is 2. The summed E-state index contributed by atoms with van der Waals surface area (Å²) in [6, 6.07) is 18.9. The minimum atomic E-state index is -0.511. The Hall–Kier alpha value is -3.37. The maximum absolute atomic E-state index is 12.2. The Bertz CT molecular complexity index is 1020. The number of anilines is 1. The zero-order chi connectivity index (χ0) is 18.4. The fourth-order valence-corrected chi connectivity index (χ4v) is 2.70. The molecule has 6 nitrogen and oxygen atoms in total. The monoisotopic (exact) mass is 361 g/mol. The van der Waals surface area contributed by atoms with Crippen LogP contribution in [-0.4, -0.2) is 22.4 Å². The van der Waals surface area contributed by atoms with Crippen molar-refractivity contribution in [2.75, 3.05) is 11.7 Å². The van der Waals surface area contributed by atoms with Crippen molar-refractivity contribution in [3.63, 3.8) is 0 Å². The first-order valence-electron chi connectivity index (χ1n) is 7.74. The number of rotatable bonds is 5. The van der Waals surface area contributed by atoms with Gasteiger partial charge in [-0.1, -0.05) is 42.5 Å². The summed E-state index contributed by atoms with van der Waals surface area (Å²) in [5, 5.41) is 13.4. The summed E-state index contributed by atoms with van der Waals surface area (Å²) in [5.74, 6) is 0.171. The fraction of sp³-hybridized carbons (Fsp3) is 0.0526. The fourth-order valence-electron chi connectivity index (χ4n) is 2.29. The van der Waals surface area contributed by atoms with Crippen LogP contribution in [0.2, 0.25) is 0 Å². The van der Waals surface area contributed by atoms with Crippen molar-refractivity contribution < 1.29 is 0 Å². The molecule has 2 N–H and O–H groups in total. The van der Waals surface area contributed by atoms with E-state index in [4.69, 9.17) is 0 Å². The summed E-state index contributed by atoms with van der Waals surface area (Å²) in [5.41, 5.74) is 4.09. The summed E-state index contributed by atoms with van der Waals surface area (Å²) in [6.45, 7) is 0. The number of hydrazone groups is 1. The van der Waals surface area contributed by atoms with Gasteiger partial charge in [0.15, 0.2) is 0 Å². The molecule has 7 heteroatoms. The van der Waals surface area contributed by atoms with Crippen LogP contribution in [0, 0.1) is 11.3 Å². The standard InChI is InChI=1S/C19H15N5OS/c1-26-15-9-7-13(8-10-15)12-21-24-19-22-17(14-5-3-2-4-6-14)16(11-20)18(25)23-19/h2-10,12H,1H3,(H2,22,23,24,25). The third-order valence-electron chi connectivity index (χ3n) is 3.58. The van der Waals surface area contributed by atoms with Gasteiger partial charge in [0.1, 0.15) is 11.6 Å². The van der Waals surface area contributed by atoms with Gasteiger partial charge in [-0.15, -0.1) is 11.8 Å². The van der Waals surface area contributed by atoms with Crippen LogP contribution in [0.25, 0.3) is 11.3 Å². The maximum Gasteiger partial charge on any atom is 0.270 e. The highest BCUT2D eigenvalue weighted by molar-refractivity contribution is 7.98. The molecule has 2 aromatic carbocycles. The van der Waals surface area contributed by atoms with Gasteiger partial charge in [0, 0.05) is 10.5 Å². The summed E-state index contributed by atoms with van der Waals surface area (Å²) in [7, 11) is 0. The number of nitriles is 1. The van der Waals surface area contributed by atoms with E-state index >= 15 is 0 Å². The number of nitrogens with one attached hydrogen (secondary N) is 2. The number of hydrogen-bond acceptors (Lipinski definition) is 6. The molecule has 0 atom stereocenters. The van der Waals surface area contributed by atoms with Gasteiger partial charge in [-0.25, -0.2) is 10.4 Å². The molecule has 0 bridgehead atoms. The molecule has 26 heavy (non-hydrogen) atoms. The lowest BCUT2D eigenvalue weighted by Crippen LogP contribution is -2.16. The summed E-state index contributed by atoms with van der Waals surface area (Å²) in [6.07, 6.45) is 3.65. The van der Waals surface area contributed by atoms with E-state index in [1.165, 1.54) is 4.90 Å². The molecule has 0 saturated heterocycles. The zero-order valence-corrected chi connectivity index (χ0v) is 14.7. The predicted octanol–water partition coefficient (Wildman–Crippen LogP) is 3.48. The Morgan fingerprint density at radius 2 is 1.92 bits per heavy atom. The molecule has 0 saturated carbocycles. The van der Waals surface area contributed by atoms with Crippen LogP contribution in [0.15, 0.2) is 69.4 Å². The highest BCUT2D eigenvalue weighted by atomic mass is 32.2. The highest BCUT2D eigenvalue weighted by Gasteiger charge is 2.12. The van der Waals surface area contributed by atoms with Gasteiger partial charge >= 0.3 is 0 Å². The molecule has 0 spiro atoms. The summed E-state index contributed by atoms with van der Waals surface area (Å²) in [4.78, 5) is 20.2. The van der Waals surface area contributed by atoms with Gasteiger partial charge < -0.3 is 0 Å². The van der Waals surface area contributed by atoms with Crippen molar-refractivity contribution in [2.24, 2.45) is 5.10 Å². The highest BCUT2D eigenvalue weighted by Crippen LogP contribution is 2.19. The number of thioether (sulfide) groups is 1. The first-order valence-corrected chi connectivity index (χ1v) is 8.96. The van der Waals surface area contributed by atoms with Crippen LogP contribution in [0.5, 0.6) is 0 Å². The van der Waals surface area contributed by atoms with E-state index in [9.17, 15) is 10.1 Å². The second-order valence-corrected chi connectivity index (χ2v) is 6.14. The van der Waals surface area contributed by atoms with Crippen LogP contribution in [0.3, 0.4) is 0 Å². The molecular formula is C19H15N5OS. The molecule has 3 aromatic rings. The quantitative estimate of drug-likeness (QED) is 0.412. The molecule has 128 valence electrons. The SMILES string of the molecule is CSc1ccc(C=NNc2nc(-c3ccccc3)c(C#N)c(=O)[nH]2)cc1. The maximum atomic E-state index is 12.2. The first kappa shape index (κ1) is 17.5. The van der Waals surface area contributed by atoms with Crippen LogP contribution >= 0.6 is 11.8 Å². The van der Waals surface area contributed by atoms with Crippen LogP contribution in [0.4, 0.5) is 5.95 Å². The second kappa shape index (κ2) is 8.14. The number of aromatic nitrogens is 2. The van der Waals surface area contributed by atoms with E-state index in [2.05, 4.69) is 20.5 Å². The van der Waals surface area contributed by atoms with Gasteiger partial charge in [0.2, 0.25) is 5.95 Å². The van der Waals surface area contributed by atoms with E-state index in [0.717, 1.165) is 5.56 Å². The number of benzene rings is 2. The third-order valence-corrected chi connectivity index (χ3v) is 4.32. The minimum absolute atomic E-state index is 0.0293. The molecule has 0 radical (unpaired) electrons. The molecule has 0 aliphatic carbocycles. The lowest BCUT2D eigenvalue weighted by atomic mass is 10.1. The van der Waals surface area contributed by atoms with E-state index in [0.29, 0.717) is 11.3 Å². The predicted molar refractivity (Wildman–Crippen MR) is 104 cm³/mol. The Labute approximate surface area is 154 Å². The van der Waals surface area contributed by atoms with Crippen LogP contribution in [0.1, 0.15) is 11.1 Å². The molecule has 0 amide bonds. The van der Waals surface area contributed by atoms with Crippen molar-refractivity contribution in [1.82, 2.24) is 9.97 Å².